The highest BCUT2D eigenvalue weighted by Crippen LogP contribution is 2.28. The van der Waals surface area contributed by atoms with Crippen LogP contribution in [0.1, 0.15) is 24.5 Å². The van der Waals surface area contributed by atoms with Gasteiger partial charge in [0.1, 0.15) is 5.76 Å². The molecular weight excluding hydrogens is 206 g/mol. The molecule has 1 aromatic heterocycles. The highest BCUT2D eigenvalue weighted by molar-refractivity contribution is 5.05. The maximum atomic E-state index is 12.5. The highest BCUT2D eigenvalue weighted by Gasteiger charge is 2.30. The van der Waals surface area contributed by atoms with Crippen LogP contribution in [-0.4, -0.2) is 24.2 Å². The zero-order chi connectivity index (χ0) is 10.8. The summed E-state index contributed by atoms with van der Waals surface area (Å²) in [4.78, 5) is 10.8. The third-order valence-corrected chi connectivity index (χ3v) is 2.69. The molecule has 84 valence electrons. The van der Waals surface area contributed by atoms with Crippen molar-refractivity contribution in [3.8, 4) is 0 Å². The number of H-pyrrole nitrogens is 1. The van der Waals surface area contributed by atoms with E-state index in [1.165, 1.54) is 6.07 Å². The van der Waals surface area contributed by atoms with Gasteiger partial charge in [0.2, 0.25) is 0 Å². The van der Waals surface area contributed by atoms with Crippen molar-refractivity contribution in [3.63, 3.8) is 0 Å². The molecule has 2 heterocycles. The molecule has 0 amide bonds. The Kier molecular flexibility index (Phi) is 2.86. The third kappa shape index (κ3) is 2.26. The predicted octanol–water partition coefficient (Wildman–Crippen LogP) is 1.07. The van der Waals surface area contributed by atoms with Crippen LogP contribution in [0.5, 0.6) is 0 Å². The Labute approximate surface area is 84.6 Å². The molecule has 1 saturated heterocycles. The molecule has 0 saturated carbocycles. The van der Waals surface area contributed by atoms with Gasteiger partial charge in [-0.15, -0.1) is 0 Å². The van der Waals surface area contributed by atoms with Crippen LogP contribution in [0, 0.1) is 0 Å². The van der Waals surface area contributed by atoms with E-state index in [9.17, 15) is 13.6 Å². The number of rotatable bonds is 2. The van der Waals surface area contributed by atoms with Crippen molar-refractivity contribution in [2.75, 3.05) is 6.54 Å². The fraction of sp³-hybridized carbons (Fsp3) is 0.667. The van der Waals surface area contributed by atoms with Gasteiger partial charge in [-0.25, -0.2) is 8.78 Å². The summed E-state index contributed by atoms with van der Waals surface area (Å²) in [6.07, 6.45) is -1.36. The summed E-state index contributed by atoms with van der Waals surface area (Å²) >= 11 is 0. The van der Waals surface area contributed by atoms with Gasteiger partial charge in [-0.05, 0) is 19.4 Å². The fourth-order valence-electron chi connectivity index (χ4n) is 1.90. The maximum absolute atomic E-state index is 12.5. The molecule has 0 aliphatic carbocycles. The summed E-state index contributed by atoms with van der Waals surface area (Å²) in [5, 5.41) is 4.92. The Morgan fingerprint density at radius 3 is 2.93 bits per heavy atom. The second-order valence-corrected chi connectivity index (χ2v) is 3.73. The SMILES string of the molecule is O=c1cc([C@H]2CCN[C@@H](C(F)F)C2)o[nH]1. The molecule has 4 nitrogen and oxygen atoms in total. The molecule has 0 radical (unpaired) electrons. The van der Waals surface area contributed by atoms with Gasteiger partial charge in [0.25, 0.3) is 12.0 Å². The Morgan fingerprint density at radius 2 is 2.33 bits per heavy atom. The molecule has 0 spiro atoms. The molecular formula is C9H12F2N2O2. The van der Waals surface area contributed by atoms with Crippen molar-refractivity contribution in [1.29, 1.82) is 0 Å². The lowest BCUT2D eigenvalue weighted by Crippen LogP contribution is -2.42. The van der Waals surface area contributed by atoms with Crippen LogP contribution in [0.4, 0.5) is 8.78 Å². The minimum atomic E-state index is -2.38. The van der Waals surface area contributed by atoms with E-state index in [4.69, 9.17) is 4.52 Å². The number of hydrogen-bond donors (Lipinski definition) is 2. The van der Waals surface area contributed by atoms with E-state index in [0.29, 0.717) is 25.1 Å². The van der Waals surface area contributed by atoms with Crippen LogP contribution in [0.25, 0.3) is 0 Å². The van der Waals surface area contributed by atoms with Gasteiger partial charge in [0.15, 0.2) is 0 Å². The molecule has 2 rings (SSSR count). The monoisotopic (exact) mass is 218 g/mol. The second kappa shape index (κ2) is 4.14. The van der Waals surface area contributed by atoms with Crippen molar-refractivity contribution in [1.82, 2.24) is 10.5 Å². The summed E-state index contributed by atoms with van der Waals surface area (Å²) in [5.74, 6) is 0.386. The highest BCUT2D eigenvalue weighted by atomic mass is 19.3. The minimum Gasteiger partial charge on any atom is -0.383 e. The molecule has 0 bridgehead atoms. The van der Waals surface area contributed by atoms with E-state index in [1.54, 1.807) is 0 Å². The van der Waals surface area contributed by atoms with Crippen LogP contribution in [-0.2, 0) is 0 Å². The fourth-order valence-corrected chi connectivity index (χ4v) is 1.90. The standard InChI is InChI=1S/C9H12F2N2O2/c10-9(11)6-3-5(1-2-12-6)7-4-8(14)13-15-7/h4-6,9,12H,1-3H2,(H,13,14)/t5-,6+/m0/s1. The van der Waals surface area contributed by atoms with Crippen molar-refractivity contribution >= 4 is 0 Å². The molecule has 6 heteroatoms. The summed E-state index contributed by atoms with van der Waals surface area (Å²) in [5.41, 5.74) is -0.322. The molecule has 2 N–H and O–H groups in total. The van der Waals surface area contributed by atoms with Crippen LogP contribution in [0.15, 0.2) is 15.4 Å². The van der Waals surface area contributed by atoms with Crippen LogP contribution < -0.4 is 10.9 Å². The van der Waals surface area contributed by atoms with E-state index >= 15 is 0 Å². The molecule has 15 heavy (non-hydrogen) atoms. The largest absolute Gasteiger partial charge is 0.383 e. The minimum absolute atomic E-state index is 0.0933. The van der Waals surface area contributed by atoms with E-state index in [0.717, 1.165) is 0 Å². The molecule has 1 aliphatic heterocycles. The first-order chi connectivity index (χ1) is 7.16. The number of piperidine rings is 1. The van der Waals surface area contributed by atoms with E-state index < -0.39 is 12.5 Å². The van der Waals surface area contributed by atoms with Gasteiger partial charge in [0, 0.05) is 12.0 Å². The molecule has 0 aromatic carbocycles. The summed E-state index contributed by atoms with van der Waals surface area (Å²) in [7, 11) is 0. The van der Waals surface area contributed by atoms with E-state index in [1.807, 2.05) is 0 Å². The summed E-state index contributed by atoms with van der Waals surface area (Å²) in [6.45, 7) is 0.522. The first-order valence-corrected chi connectivity index (χ1v) is 4.87. The zero-order valence-corrected chi connectivity index (χ0v) is 8.00. The Balaban J connectivity index is 2.07. The van der Waals surface area contributed by atoms with Gasteiger partial charge >= 0.3 is 0 Å². The normalized spacial score (nSPS) is 27.1. The number of alkyl halides is 2. The average Bonchev–Trinajstić information content (AvgIpc) is 2.65. The number of nitrogens with one attached hydrogen (secondary N) is 2. The Hall–Kier alpha value is -1.17. The number of hydrogen-bond acceptors (Lipinski definition) is 3. The van der Waals surface area contributed by atoms with Crippen molar-refractivity contribution in [3.05, 3.63) is 22.2 Å². The molecule has 1 aromatic rings. The first-order valence-electron chi connectivity index (χ1n) is 4.87. The lowest BCUT2D eigenvalue weighted by Gasteiger charge is -2.28. The maximum Gasteiger partial charge on any atom is 0.280 e. The molecule has 0 unspecified atom stereocenters. The Morgan fingerprint density at radius 1 is 1.53 bits per heavy atom. The molecule has 1 aliphatic rings. The summed E-state index contributed by atoms with van der Waals surface area (Å²) in [6, 6.07) is 0.530. The van der Waals surface area contributed by atoms with Gasteiger partial charge < -0.3 is 9.84 Å². The lowest BCUT2D eigenvalue weighted by molar-refractivity contribution is 0.0779. The third-order valence-electron chi connectivity index (χ3n) is 2.69. The average molecular weight is 218 g/mol. The van der Waals surface area contributed by atoms with E-state index in [2.05, 4.69) is 10.5 Å². The van der Waals surface area contributed by atoms with Crippen LogP contribution in [0.3, 0.4) is 0 Å². The van der Waals surface area contributed by atoms with Crippen molar-refractivity contribution in [2.24, 2.45) is 0 Å². The smallest absolute Gasteiger partial charge is 0.280 e. The van der Waals surface area contributed by atoms with Gasteiger partial charge in [-0.3, -0.25) is 4.79 Å². The van der Waals surface area contributed by atoms with Gasteiger partial charge in [0.05, 0.1) is 6.04 Å². The first kappa shape index (κ1) is 10.4. The Bertz CT molecular complexity index is 374. The van der Waals surface area contributed by atoms with Crippen molar-refractivity contribution < 1.29 is 13.3 Å². The summed E-state index contributed by atoms with van der Waals surface area (Å²) < 4.78 is 29.8. The zero-order valence-electron chi connectivity index (χ0n) is 8.00. The molecule has 2 atom stereocenters. The van der Waals surface area contributed by atoms with Crippen molar-refractivity contribution in [2.45, 2.75) is 31.2 Å². The number of aromatic amines is 1. The lowest BCUT2D eigenvalue weighted by atomic mass is 9.90. The van der Waals surface area contributed by atoms with Gasteiger partial charge in [-0.2, -0.15) is 5.16 Å². The predicted molar refractivity (Wildman–Crippen MR) is 49.1 cm³/mol. The number of aromatic nitrogens is 1. The van der Waals surface area contributed by atoms with Gasteiger partial charge in [-0.1, -0.05) is 0 Å². The van der Waals surface area contributed by atoms with E-state index in [-0.39, 0.29) is 11.5 Å². The number of halogens is 2. The van der Waals surface area contributed by atoms with Crippen LogP contribution >= 0.6 is 0 Å². The second-order valence-electron chi connectivity index (χ2n) is 3.73. The van der Waals surface area contributed by atoms with Crippen LogP contribution in [0.2, 0.25) is 0 Å². The molecule has 1 fully saturated rings. The topological polar surface area (TPSA) is 58.0 Å². The quantitative estimate of drug-likeness (QED) is 0.780.